The molecule has 0 fully saturated rings. The fourth-order valence-electron chi connectivity index (χ4n) is 2.54. The first kappa shape index (κ1) is 26.0. The Morgan fingerprint density at radius 2 is 1.97 bits per heavy atom. The molecule has 2 amide bonds. The quantitative estimate of drug-likeness (QED) is 0.231. The molecule has 2 N–H and O–H groups in total. The van der Waals surface area contributed by atoms with Crippen molar-refractivity contribution in [3.63, 3.8) is 0 Å². The van der Waals surface area contributed by atoms with E-state index in [1.807, 2.05) is 6.07 Å². The van der Waals surface area contributed by atoms with Gasteiger partial charge in [0.05, 0.1) is 34.4 Å². The number of halogens is 3. The Hall–Kier alpha value is -2.29. The third-order valence-electron chi connectivity index (χ3n) is 4.22. The summed E-state index contributed by atoms with van der Waals surface area (Å²) in [5.74, 6) is 0.493. The molecule has 0 aromatic heterocycles. The molecule has 0 spiro atoms. The number of benzene rings is 2. The van der Waals surface area contributed by atoms with Crippen molar-refractivity contribution >= 4 is 57.2 Å². The number of hydrogen-bond donors (Lipinski definition) is 2. The summed E-state index contributed by atoms with van der Waals surface area (Å²) < 4.78 is 11.9. The Kier molecular flexibility index (Phi) is 10.8. The Morgan fingerprint density at radius 1 is 1.19 bits per heavy atom. The fourth-order valence-corrected chi connectivity index (χ4v) is 3.41. The molecular formula is C22H24BrCl2N3O4. The van der Waals surface area contributed by atoms with Gasteiger partial charge < -0.3 is 14.8 Å². The van der Waals surface area contributed by atoms with Gasteiger partial charge in [0.2, 0.25) is 5.91 Å². The number of nitrogens with zero attached hydrogens (tertiary/aromatic N) is 1. The Balaban J connectivity index is 1.84. The molecule has 0 heterocycles. The number of hydrogen-bond acceptors (Lipinski definition) is 5. The zero-order valence-corrected chi connectivity index (χ0v) is 20.8. The number of rotatable bonds is 11. The molecule has 2 aromatic rings. The second-order valence-corrected chi connectivity index (χ2v) is 8.33. The van der Waals surface area contributed by atoms with E-state index in [4.69, 9.17) is 32.7 Å². The molecule has 0 radical (unpaired) electrons. The van der Waals surface area contributed by atoms with Gasteiger partial charge in [-0.15, -0.1) is 0 Å². The molecule has 0 bridgehead atoms. The molecule has 0 saturated carbocycles. The molecule has 10 heteroatoms. The van der Waals surface area contributed by atoms with Gasteiger partial charge in [-0.3, -0.25) is 9.59 Å². The molecule has 0 aliphatic rings. The van der Waals surface area contributed by atoms with Crippen molar-refractivity contribution < 1.29 is 19.1 Å². The van der Waals surface area contributed by atoms with Crippen molar-refractivity contribution in [3.8, 4) is 11.5 Å². The van der Waals surface area contributed by atoms with Gasteiger partial charge in [0.25, 0.3) is 5.91 Å². The van der Waals surface area contributed by atoms with E-state index >= 15 is 0 Å². The van der Waals surface area contributed by atoms with Crippen LogP contribution in [0, 0.1) is 0 Å². The van der Waals surface area contributed by atoms with E-state index in [0.29, 0.717) is 34.3 Å². The molecule has 32 heavy (non-hydrogen) atoms. The zero-order chi connectivity index (χ0) is 23.5. The maximum atomic E-state index is 12.1. The summed E-state index contributed by atoms with van der Waals surface area (Å²) in [6, 6.07) is 8.14. The minimum Gasteiger partial charge on any atom is -0.493 e. The average molecular weight is 545 g/mol. The summed E-state index contributed by atoms with van der Waals surface area (Å²) in [4.78, 5) is 24.1. The van der Waals surface area contributed by atoms with Crippen LogP contribution in [-0.2, 0) is 4.79 Å². The lowest BCUT2D eigenvalue weighted by molar-refractivity contribution is -0.120. The molecule has 7 nitrogen and oxygen atoms in total. The van der Waals surface area contributed by atoms with Gasteiger partial charge in [-0.1, -0.05) is 36.5 Å². The van der Waals surface area contributed by atoms with Crippen LogP contribution in [0.4, 0.5) is 0 Å². The first-order valence-electron chi connectivity index (χ1n) is 9.91. The summed E-state index contributed by atoms with van der Waals surface area (Å²) in [5.41, 5.74) is 3.50. The molecule has 0 atom stereocenters. The number of carbonyl (C=O) groups excluding carboxylic acids is 2. The minimum atomic E-state index is -0.349. The minimum absolute atomic E-state index is 0.0572. The van der Waals surface area contributed by atoms with Crippen LogP contribution in [-0.4, -0.2) is 38.3 Å². The van der Waals surface area contributed by atoms with Crippen LogP contribution >= 0.6 is 39.1 Å². The number of ether oxygens (including phenoxy) is 2. The van der Waals surface area contributed by atoms with Crippen molar-refractivity contribution in [2.45, 2.75) is 26.2 Å². The van der Waals surface area contributed by atoms with Gasteiger partial charge in [0, 0.05) is 18.5 Å². The predicted molar refractivity (Wildman–Crippen MR) is 130 cm³/mol. The second-order valence-electron chi connectivity index (χ2n) is 6.66. The molecule has 0 saturated heterocycles. The number of unbranched alkanes of at least 4 members (excludes halogenated alkanes) is 1. The highest BCUT2D eigenvalue weighted by Gasteiger charge is 2.11. The van der Waals surface area contributed by atoms with Crippen LogP contribution in [0.25, 0.3) is 0 Å². The second kappa shape index (κ2) is 13.3. The van der Waals surface area contributed by atoms with Gasteiger partial charge in [-0.2, -0.15) is 5.10 Å². The van der Waals surface area contributed by atoms with E-state index in [1.54, 1.807) is 19.2 Å². The summed E-state index contributed by atoms with van der Waals surface area (Å²) in [5, 5.41) is 7.25. The van der Waals surface area contributed by atoms with Crippen molar-refractivity contribution in [3.05, 3.63) is 56.0 Å². The summed E-state index contributed by atoms with van der Waals surface area (Å²) in [6.45, 7) is 2.83. The highest BCUT2D eigenvalue weighted by Crippen LogP contribution is 2.36. The Labute approximate surface area is 205 Å². The Morgan fingerprint density at radius 3 is 2.66 bits per heavy atom. The average Bonchev–Trinajstić information content (AvgIpc) is 2.76. The van der Waals surface area contributed by atoms with Gasteiger partial charge in [-0.05, 0) is 58.2 Å². The van der Waals surface area contributed by atoms with Crippen molar-refractivity contribution in [2.24, 2.45) is 5.10 Å². The fraction of sp³-hybridized carbons (Fsp3) is 0.318. The van der Waals surface area contributed by atoms with Crippen LogP contribution in [0.1, 0.15) is 42.1 Å². The van der Waals surface area contributed by atoms with Crippen LogP contribution in [0.2, 0.25) is 10.0 Å². The number of hydrazone groups is 1. The zero-order valence-electron chi connectivity index (χ0n) is 17.7. The van der Waals surface area contributed by atoms with Gasteiger partial charge in [0.15, 0.2) is 11.5 Å². The van der Waals surface area contributed by atoms with E-state index in [9.17, 15) is 9.59 Å². The maximum Gasteiger partial charge on any atom is 0.251 e. The largest absolute Gasteiger partial charge is 0.493 e. The molecule has 0 aliphatic carbocycles. The van der Waals surface area contributed by atoms with E-state index in [1.165, 1.54) is 18.3 Å². The third-order valence-corrected chi connectivity index (χ3v) is 5.55. The molecule has 0 aliphatic heterocycles. The highest BCUT2D eigenvalue weighted by atomic mass is 79.9. The lowest BCUT2D eigenvalue weighted by atomic mass is 10.2. The predicted octanol–water partition coefficient (Wildman–Crippen LogP) is 5.21. The summed E-state index contributed by atoms with van der Waals surface area (Å²) in [6.07, 6.45) is 3.53. The Bertz CT molecular complexity index is 986. The van der Waals surface area contributed by atoms with Gasteiger partial charge in [0.1, 0.15) is 0 Å². The van der Waals surface area contributed by atoms with Crippen LogP contribution in [0.15, 0.2) is 39.9 Å². The van der Waals surface area contributed by atoms with Crippen LogP contribution < -0.4 is 20.2 Å². The molecule has 172 valence electrons. The molecular weight excluding hydrogens is 521 g/mol. The first-order chi connectivity index (χ1) is 15.3. The maximum absolute atomic E-state index is 12.1. The number of nitrogens with one attached hydrogen (secondary N) is 2. The SMILES string of the molecule is CCCCOc1c(Br)cc(C=NNC(=O)CCNC(=O)c2ccc(Cl)c(Cl)c2)cc1OC. The number of amides is 2. The molecule has 2 aromatic carbocycles. The molecule has 2 rings (SSSR count). The first-order valence-corrected chi connectivity index (χ1v) is 11.5. The number of methoxy groups -OCH3 is 1. The standard InChI is InChI=1S/C22H24BrCl2N3O4/c1-3-4-9-32-21-16(23)10-14(11-19(21)31-2)13-27-28-20(29)7-8-26-22(30)15-5-6-17(24)18(25)12-15/h5-6,10-13H,3-4,7-9H2,1-2H3,(H,26,30)(H,28,29). The summed E-state index contributed by atoms with van der Waals surface area (Å²) >= 11 is 15.2. The van der Waals surface area contributed by atoms with Crippen molar-refractivity contribution in [2.75, 3.05) is 20.3 Å². The monoisotopic (exact) mass is 543 g/mol. The van der Waals surface area contributed by atoms with Crippen LogP contribution in [0.3, 0.4) is 0 Å². The number of carbonyl (C=O) groups is 2. The summed E-state index contributed by atoms with van der Waals surface area (Å²) in [7, 11) is 1.56. The highest BCUT2D eigenvalue weighted by molar-refractivity contribution is 9.10. The van der Waals surface area contributed by atoms with Crippen molar-refractivity contribution in [1.29, 1.82) is 0 Å². The normalized spacial score (nSPS) is 10.8. The van der Waals surface area contributed by atoms with Gasteiger partial charge >= 0.3 is 0 Å². The third kappa shape index (κ3) is 8.00. The lowest BCUT2D eigenvalue weighted by Gasteiger charge is -2.13. The van der Waals surface area contributed by atoms with Gasteiger partial charge in [-0.25, -0.2) is 5.43 Å². The van der Waals surface area contributed by atoms with E-state index in [-0.39, 0.29) is 29.8 Å². The molecule has 0 unspecified atom stereocenters. The van der Waals surface area contributed by atoms with Crippen LogP contribution in [0.5, 0.6) is 11.5 Å². The lowest BCUT2D eigenvalue weighted by Crippen LogP contribution is -2.29. The van der Waals surface area contributed by atoms with E-state index in [2.05, 4.69) is 38.7 Å². The van der Waals surface area contributed by atoms with Crippen molar-refractivity contribution in [1.82, 2.24) is 10.7 Å². The van der Waals surface area contributed by atoms with E-state index < -0.39 is 0 Å². The van der Waals surface area contributed by atoms with E-state index in [0.717, 1.165) is 17.3 Å². The topological polar surface area (TPSA) is 89.0 Å². The smallest absolute Gasteiger partial charge is 0.251 e.